The number of benzene rings is 2. The van der Waals surface area contributed by atoms with Gasteiger partial charge in [0.2, 0.25) is 5.91 Å². The molecule has 0 saturated carbocycles. The minimum absolute atomic E-state index is 0.0444. The van der Waals surface area contributed by atoms with Crippen LogP contribution in [0.5, 0.6) is 0 Å². The van der Waals surface area contributed by atoms with E-state index in [1.807, 2.05) is 82.2 Å². The van der Waals surface area contributed by atoms with Crippen LogP contribution >= 0.6 is 0 Å². The number of carbonyl (C=O) groups excluding carboxylic acids is 2. The van der Waals surface area contributed by atoms with Gasteiger partial charge in [-0.25, -0.2) is 0 Å². The van der Waals surface area contributed by atoms with Gasteiger partial charge >= 0.3 is 0 Å². The van der Waals surface area contributed by atoms with E-state index in [2.05, 4.69) is 10.5 Å². The number of aromatic nitrogens is 3. The Morgan fingerprint density at radius 3 is 2.38 bits per heavy atom. The minimum Gasteiger partial charge on any atom is -0.360 e. The molecule has 4 aromatic rings. The topological polar surface area (TPSA) is 96.5 Å². The largest absolute Gasteiger partial charge is 0.360 e. The van der Waals surface area contributed by atoms with E-state index in [1.165, 1.54) is 0 Å². The number of rotatable bonds is 7. The number of hydrogen-bond acceptors (Lipinski definition) is 6. The number of aryl methyl sites for hydroxylation is 2. The van der Waals surface area contributed by atoms with Crippen LogP contribution in [0, 0.1) is 13.8 Å². The van der Waals surface area contributed by atoms with Crippen molar-refractivity contribution in [1.29, 1.82) is 0 Å². The Balaban J connectivity index is 1.27. The van der Waals surface area contributed by atoms with Gasteiger partial charge < -0.3 is 14.7 Å². The van der Waals surface area contributed by atoms with E-state index in [0.717, 1.165) is 16.7 Å². The summed E-state index contributed by atoms with van der Waals surface area (Å²) < 4.78 is 6.83. The molecule has 0 unspecified atom stereocenters. The molecule has 1 saturated heterocycles. The van der Waals surface area contributed by atoms with Crippen molar-refractivity contribution < 1.29 is 14.1 Å². The van der Waals surface area contributed by atoms with E-state index < -0.39 is 0 Å². The maximum absolute atomic E-state index is 13.7. The molecule has 5 rings (SSSR count). The van der Waals surface area contributed by atoms with E-state index in [4.69, 9.17) is 9.62 Å². The van der Waals surface area contributed by atoms with Gasteiger partial charge in [0, 0.05) is 44.0 Å². The summed E-state index contributed by atoms with van der Waals surface area (Å²) in [5, 5.41) is 11.4. The summed E-state index contributed by atoms with van der Waals surface area (Å²) in [5.74, 6) is 0.848. The maximum atomic E-state index is 13.7. The fraction of sp³-hybridized carbons (Fsp3) is 0.286. The van der Waals surface area contributed by atoms with Crippen LogP contribution in [0.3, 0.4) is 0 Å². The van der Waals surface area contributed by atoms with Gasteiger partial charge in [0.25, 0.3) is 5.91 Å². The molecule has 3 heterocycles. The van der Waals surface area contributed by atoms with Crippen LogP contribution in [0.4, 0.5) is 5.82 Å². The number of carbonyl (C=O) groups is 2. The second-order valence-electron chi connectivity index (χ2n) is 9.38. The van der Waals surface area contributed by atoms with Crippen molar-refractivity contribution in [1.82, 2.24) is 24.7 Å². The first-order valence-corrected chi connectivity index (χ1v) is 12.4. The molecular formula is C28H30N6O3. The molecule has 0 spiro atoms. The summed E-state index contributed by atoms with van der Waals surface area (Å²) in [4.78, 5) is 29.9. The molecule has 0 bridgehead atoms. The first-order valence-electron chi connectivity index (χ1n) is 12.4. The summed E-state index contributed by atoms with van der Waals surface area (Å²) >= 11 is 0. The van der Waals surface area contributed by atoms with Gasteiger partial charge in [-0.05, 0) is 19.4 Å². The van der Waals surface area contributed by atoms with Gasteiger partial charge in [0.05, 0.1) is 18.7 Å². The molecule has 2 amide bonds. The van der Waals surface area contributed by atoms with Crippen LogP contribution in [0.2, 0.25) is 0 Å². The van der Waals surface area contributed by atoms with Crippen molar-refractivity contribution in [2.75, 3.05) is 38.0 Å². The molecule has 1 fully saturated rings. The van der Waals surface area contributed by atoms with Crippen LogP contribution in [-0.2, 0) is 11.3 Å². The highest BCUT2D eigenvalue weighted by Gasteiger charge is 2.27. The SMILES string of the molecule is Cc1ccc(-c2nn(Cc3ccccc3)cc2C(=O)N2CCN(CC(=O)Nc3cc(C)on3)CC2)cc1. The van der Waals surface area contributed by atoms with Crippen LogP contribution < -0.4 is 5.32 Å². The number of nitrogens with one attached hydrogen (secondary N) is 1. The molecule has 37 heavy (non-hydrogen) atoms. The fourth-order valence-corrected chi connectivity index (χ4v) is 4.44. The van der Waals surface area contributed by atoms with E-state index >= 15 is 0 Å². The molecule has 2 aromatic heterocycles. The predicted molar refractivity (Wildman–Crippen MR) is 140 cm³/mol. The zero-order chi connectivity index (χ0) is 25.8. The van der Waals surface area contributed by atoms with Crippen LogP contribution in [0.25, 0.3) is 11.3 Å². The van der Waals surface area contributed by atoms with E-state index in [9.17, 15) is 9.59 Å². The van der Waals surface area contributed by atoms with E-state index in [1.54, 1.807) is 13.0 Å². The average Bonchev–Trinajstić information content (AvgIpc) is 3.51. The first kappa shape index (κ1) is 24.5. The molecule has 1 aliphatic rings. The van der Waals surface area contributed by atoms with Crippen LogP contribution in [0.1, 0.15) is 27.2 Å². The molecule has 190 valence electrons. The molecule has 0 radical (unpaired) electrons. The van der Waals surface area contributed by atoms with Gasteiger partial charge in [-0.2, -0.15) is 5.10 Å². The third-order valence-corrected chi connectivity index (χ3v) is 6.43. The van der Waals surface area contributed by atoms with Gasteiger partial charge in [0.1, 0.15) is 11.5 Å². The third kappa shape index (κ3) is 5.95. The Kier molecular flexibility index (Phi) is 7.14. The molecule has 0 aliphatic carbocycles. The van der Waals surface area contributed by atoms with E-state index in [-0.39, 0.29) is 18.4 Å². The highest BCUT2D eigenvalue weighted by atomic mass is 16.5. The maximum Gasteiger partial charge on any atom is 0.257 e. The van der Waals surface area contributed by atoms with Gasteiger partial charge in [-0.1, -0.05) is 65.3 Å². The Morgan fingerprint density at radius 2 is 1.70 bits per heavy atom. The molecule has 9 heteroatoms. The van der Waals surface area contributed by atoms with Crippen molar-refractivity contribution in [3.63, 3.8) is 0 Å². The van der Waals surface area contributed by atoms with Crippen LogP contribution in [0.15, 0.2) is 71.4 Å². The molecule has 1 N–H and O–H groups in total. The Hall–Kier alpha value is -4.24. The molecule has 9 nitrogen and oxygen atoms in total. The second kappa shape index (κ2) is 10.8. The standard InChI is InChI=1S/C28H30N6O3/c1-20-8-10-23(11-9-20)27-24(18-34(30-27)17-22-6-4-3-5-7-22)28(36)33-14-12-32(13-15-33)19-26(35)29-25-16-21(2)37-31-25/h3-11,16,18H,12-15,17,19H2,1-2H3,(H,29,31,35). The molecule has 2 aromatic carbocycles. The molecule has 0 atom stereocenters. The number of hydrogen-bond donors (Lipinski definition) is 1. The lowest BCUT2D eigenvalue weighted by Gasteiger charge is -2.34. The Morgan fingerprint density at radius 1 is 0.973 bits per heavy atom. The summed E-state index contributed by atoms with van der Waals surface area (Å²) in [7, 11) is 0. The van der Waals surface area contributed by atoms with Crippen LogP contribution in [-0.4, -0.2) is 69.3 Å². The first-order chi connectivity index (χ1) is 17.9. The summed E-state index contributed by atoms with van der Waals surface area (Å²) in [6.45, 7) is 6.91. The normalized spacial score (nSPS) is 14.1. The zero-order valence-electron chi connectivity index (χ0n) is 21.1. The van der Waals surface area contributed by atoms with Crippen molar-refractivity contribution in [2.24, 2.45) is 0 Å². The lowest BCUT2D eigenvalue weighted by molar-refractivity contribution is -0.117. The van der Waals surface area contributed by atoms with Gasteiger partial charge in [-0.3, -0.25) is 19.2 Å². The number of anilines is 1. The smallest absolute Gasteiger partial charge is 0.257 e. The minimum atomic E-state index is -0.156. The number of amides is 2. The fourth-order valence-electron chi connectivity index (χ4n) is 4.44. The quantitative estimate of drug-likeness (QED) is 0.418. The van der Waals surface area contributed by atoms with Gasteiger partial charge in [-0.15, -0.1) is 0 Å². The number of piperazine rings is 1. The Bertz CT molecular complexity index is 1370. The van der Waals surface area contributed by atoms with Crippen molar-refractivity contribution in [3.8, 4) is 11.3 Å². The summed E-state index contributed by atoms with van der Waals surface area (Å²) in [5.41, 5.74) is 4.46. The Labute approximate surface area is 215 Å². The van der Waals surface area contributed by atoms with Crippen molar-refractivity contribution in [3.05, 3.63) is 89.3 Å². The monoisotopic (exact) mass is 498 g/mol. The summed E-state index contributed by atoms with van der Waals surface area (Å²) in [6, 6.07) is 19.8. The predicted octanol–water partition coefficient (Wildman–Crippen LogP) is 3.60. The average molecular weight is 499 g/mol. The van der Waals surface area contributed by atoms with E-state index in [0.29, 0.717) is 55.6 Å². The highest BCUT2D eigenvalue weighted by molar-refractivity contribution is 6.00. The number of nitrogens with zero attached hydrogens (tertiary/aromatic N) is 5. The van der Waals surface area contributed by atoms with Crippen molar-refractivity contribution >= 4 is 17.6 Å². The molecular weight excluding hydrogens is 468 g/mol. The summed E-state index contributed by atoms with van der Waals surface area (Å²) in [6.07, 6.45) is 1.85. The second-order valence-corrected chi connectivity index (χ2v) is 9.38. The highest BCUT2D eigenvalue weighted by Crippen LogP contribution is 2.25. The lowest BCUT2D eigenvalue weighted by Crippen LogP contribution is -2.50. The molecule has 1 aliphatic heterocycles. The van der Waals surface area contributed by atoms with Crippen molar-refractivity contribution in [2.45, 2.75) is 20.4 Å². The third-order valence-electron chi connectivity index (χ3n) is 6.43. The zero-order valence-corrected chi connectivity index (χ0v) is 21.1. The lowest BCUT2D eigenvalue weighted by atomic mass is 10.1. The van der Waals surface area contributed by atoms with Gasteiger partial charge in [0.15, 0.2) is 5.82 Å².